The van der Waals surface area contributed by atoms with Gasteiger partial charge in [-0.05, 0) is 30.3 Å². The van der Waals surface area contributed by atoms with Crippen LogP contribution in [0.4, 0.5) is 5.69 Å². The van der Waals surface area contributed by atoms with E-state index >= 15 is 0 Å². The molecule has 4 nitrogen and oxygen atoms in total. The van der Waals surface area contributed by atoms with Gasteiger partial charge in [-0.2, -0.15) is 0 Å². The molecule has 23 heavy (non-hydrogen) atoms. The van der Waals surface area contributed by atoms with E-state index in [1.165, 1.54) is 0 Å². The van der Waals surface area contributed by atoms with E-state index in [-0.39, 0.29) is 5.91 Å². The van der Waals surface area contributed by atoms with Crippen LogP contribution >= 0.6 is 0 Å². The predicted octanol–water partition coefficient (Wildman–Crippen LogP) is 3.23. The third-order valence-corrected chi connectivity index (χ3v) is 3.71. The Kier molecular flexibility index (Phi) is 4.24. The molecule has 1 heterocycles. The van der Waals surface area contributed by atoms with Gasteiger partial charge in [-0.3, -0.25) is 9.78 Å². The van der Waals surface area contributed by atoms with Crippen LogP contribution in [0.1, 0.15) is 16.1 Å². The molecule has 3 aromatic rings. The van der Waals surface area contributed by atoms with Crippen LogP contribution in [0.3, 0.4) is 0 Å². The molecule has 1 amide bonds. The quantitative estimate of drug-likeness (QED) is 0.805. The van der Waals surface area contributed by atoms with Crippen molar-refractivity contribution in [2.24, 2.45) is 0 Å². The maximum atomic E-state index is 12.3. The van der Waals surface area contributed by atoms with Crippen LogP contribution in [0.5, 0.6) is 0 Å². The van der Waals surface area contributed by atoms with Gasteiger partial charge in [0.05, 0.1) is 17.8 Å². The number of anilines is 1. The average molecular weight is 305 g/mol. The molecule has 1 N–H and O–H groups in total. The molecule has 0 bridgehead atoms. The number of hydrogen-bond donors (Lipinski definition) is 1. The minimum absolute atomic E-state index is 0.0938. The summed E-state index contributed by atoms with van der Waals surface area (Å²) in [5.41, 5.74) is 3.44. The molecule has 2 aromatic carbocycles. The Morgan fingerprint density at radius 3 is 2.70 bits per heavy atom. The van der Waals surface area contributed by atoms with Crippen LogP contribution in [0.25, 0.3) is 10.9 Å². The Morgan fingerprint density at radius 1 is 1.04 bits per heavy atom. The highest BCUT2D eigenvalue weighted by molar-refractivity contribution is 5.95. The summed E-state index contributed by atoms with van der Waals surface area (Å²) in [5.74, 6) is -0.0938. The van der Waals surface area contributed by atoms with Gasteiger partial charge in [0.25, 0.3) is 5.91 Å². The summed E-state index contributed by atoms with van der Waals surface area (Å²) in [7, 11) is 3.91. The first-order valence-corrected chi connectivity index (χ1v) is 7.54. The predicted molar refractivity (Wildman–Crippen MR) is 93.7 cm³/mol. The molecule has 0 aliphatic carbocycles. The first kappa shape index (κ1) is 15.0. The summed E-state index contributed by atoms with van der Waals surface area (Å²) in [6.07, 6.45) is 0. The van der Waals surface area contributed by atoms with Crippen LogP contribution in [-0.4, -0.2) is 25.0 Å². The summed E-state index contributed by atoms with van der Waals surface area (Å²) < 4.78 is 0. The number of para-hydroxylation sites is 1. The molecule has 0 aliphatic rings. The van der Waals surface area contributed by atoms with Crippen molar-refractivity contribution in [1.82, 2.24) is 10.3 Å². The van der Waals surface area contributed by atoms with Crippen LogP contribution in [0.2, 0.25) is 0 Å². The fraction of sp³-hybridized carbons (Fsp3) is 0.158. The molecule has 0 aliphatic heterocycles. The number of hydrogen-bond acceptors (Lipinski definition) is 3. The summed E-state index contributed by atoms with van der Waals surface area (Å²) >= 11 is 0. The molecule has 1 aromatic heterocycles. The number of rotatable bonds is 4. The molecule has 0 fully saturated rings. The molecule has 116 valence electrons. The number of nitrogens with zero attached hydrogens (tertiary/aromatic N) is 2. The fourth-order valence-corrected chi connectivity index (χ4v) is 2.40. The summed E-state index contributed by atoms with van der Waals surface area (Å²) in [6, 6.07) is 19.5. The highest BCUT2D eigenvalue weighted by Crippen LogP contribution is 2.14. The molecule has 3 rings (SSSR count). The van der Waals surface area contributed by atoms with Gasteiger partial charge in [-0.15, -0.1) is 0 Å². The second-order valence-corrected chi connectivity index (χ2v) is 5.62. The van der Waals surface area contributed by atoms with E-state index in [9.17, 15) is 4.79 Å². The number of pyridine rings is 1. The zero-order valence-corrected chi connectivity index (χ0v) is 13.3. The van der Waals surface area contributed by atoms with Gasteiger partial charge < -0.3 is 10.2 Å². The van der Waals surface area contributed by atoms with E-state index in [1.54, 1.807) is 0 Å². The molecule has 4 heteroatoms. The molecule has 0 unspecified atom stereocenters. The fourth-order valence-electron chi connectivity index (χ4n) is 2.40. The zero-order valence-electron chi connectivity index (χ0n) is 13.3. The molecule has 0 spiro atoms. The van der Waals surface area contributed by atoms with Crippen molar-refractivity contribution in [3.05, 3.63) is 71.9 Å². The lowest BCUT2D eigenvalue weighted by molar-refractivity contribution is 0.0950. The second-order valence-electron chi connectivity index (χ2n) is 5.62. The molecule has 0 saturated heterocycles. The lowest BCUT2D eigenvalue weighted by Gasteiger charge is -2.13. The number of benzene rings is 2. The Balaban J connectivity index is 1.71. The van der Waals surface area contributed by atoms with Gasteiger partial charge in [0.15, 0.2) is 0 Å². The monoisotopic (exact) mass is 305 g/mol. The molecule has 0 radical (unpaired) electrons. The average Bonchev–Trinajstić information content (AvgIpc) is 2.59. The summed E-state index contributed by atoms with van der Waals surface area (Å²) in [4.78, 5) is 18.8. The van der Waals surface area contributed by atoms with Gasteiger partial charge in [0.2, 0.25) is 0 Å². The molecule has 0 saturated carbocycles. The van der Waals surface area contributed by atoms with Gasteiger partial charge in [-0.25, -0.2) is 0 Å². The maximum absolute atomic E-state index is 12.3. The van der Waals surface area contributed by atoms with E-state index in [4.69, 9.17) is 0 Å². The van der Waals surface area contributed by atoms with Crippen molar-refractivity contribution in [2.75, 3.05) is 19.0 Å². The molecular formula is C19H19N3O. The van der Waals surface area contributed by atoms with Crippen LogP contribution in [0.15, 0.2) is 60.7 Å². The number of nitrogens with one attached hydrogen (secondary N) is 1. The van der Waals surface area contributed by atoms with Crippen LogP contribution < -0.4 is 10.2 Å². The number of aromatic nitrogens is 1. The lowest BCUT2D eigenvalue weighted by atomic mass is 10.1. The minimum atomic E-state index is -0.0938. The Morgan fingerprint density at radius 2 is 1.87 bits per heavy atom. The summed E-state index contributed by atoms with van der Waals surface area (Å²) in [6.45, 7) is 0.413. The smallest absolute Gasteiger partial charge is 0.251 e. The second kappa shape index (κ2) is 6.48. The number of carbonyl (C=O) groups is 1. The first-order valence-electron chi connectivity index (χ1n) is 7.54. The standard InChI is InChI=1S/C19H19N3O/c1-22(2)17-8-5-7-15(12-17)19(23)20-13-16-11-10-14-6-3-4-9-18(14)21-16/h3-12H,13H2,1-2H3,(H,20,23). The zero-order chi connectivity index (χ0) is 16.2. The SMILES string of the molecule is CN(C)c1cccc(C(=O)NCc2ccc3ccccc3n2)c1. The third kappa shape index (κ3) is 3.48. The van der Waals surface area contributed by atoms with E-state index in [0.717, 1.165) is 22.3 Å². The van der Waals surface area contributed by atoms with Gasteiger partial charge in [-0.1, -0.05) is 30.3 Å². The van der Waals surface area contributed by atoms with Gasteiger partial charge >= 0.3 is 0 Å². The van der Waals surface area contributed by atoms with E-state index in [1.807, 2.05) is 79.7 Å². The molecular weight excluding hydrogens is 286 g/mol. The van der Waals surface area contributed by atoms with Crippen molar-refractivity contribution in [3.63, 3.8) is 0 Å². The van der Waals surface area contributed by atoms with E-state index in [2.05, 4.69) is 10.3 Å². The van der Waals surface area contributed by atoms with Gasteiger partial charge in [0.1, 0.15) is 0 Å². The van der Waals surface area contributed by atoms with Crippen molar-refractivity contribution in [1.29, 1.82) is 0 Å². The van der Waals surface area contributed by atoms with E-state index < -0.39 is 0 Å². The van der Waals surface area contributed by atoms with Crippen LogP contribution in [-0.2, 0) is 6.54 Å². The Labute approximate surface area is 135 Å². The third-order valence-electron chi connectivity index (χ3n) is 3.71. The van der Waals surface area contributed by atoms with Crippen molar-refractivity contribution >= 4 is 22.5 Å². The van der Waals surface area contributed by atoms with Crippen molar-refractivity contribution in [3.8, 4) is 0 Å². The largest absolute Gasteiger partial charge is 0.378 e. The first-order chi connectivity index (χ1) is 11.1. The number of amides is 1. The van der Waals surface area contributed by atoms with E-state index in [0.29, 0.717) is 12.1 Å². The summed E-state index contributed by atoms with van der Waals surface area (Å²) in [5, 5.41) is 4.02. The molecule has 0 atom stereocenters. The number of fused-ring (bicyclic) bond motifs is 1. The highest BCUT2D eigenvalue weighted by atomic mass is 16.1. The van der Waals surface area contributed by atoms with Crippen molar-refractivity contribution in [2.45, 2.75) is 6.54 Å². The lowest BCUT2D eigenvalue weighted by Crippen LogP contribution is -2.23. The van der Waals surface area contributed by atoms with Crippen LogP contribution in [0, 0.1) is 0 Å². The number of carbonyl (C=O) groups excluding carboxylic acids is 1. The Hall–Kier alpha value is -2.88. The normalized spacial score (nSPS) is 10.5. The topological polar surface area (TPSA) is 45.2 Å². The Bertz CT molecular complexity index is 843. The minimum Gasteiger partial charge on any atom is -0.378 e. The van der Waals surface area contributed by atoms with Crippen molar-refractivity contribution < 1.29 is 4.79 Å². The van der Waals surface area contributed by atoms with Gasteiger partial charge in [0, 0.05) is 30.7 Å². The highest BCUT2D eigenvalue weighted by Gasteiger charge is 2.07. The maximum Gasteiger partial charge on any atom is 0.251 e.